The van der Waals surface area contributed by atoms with E-state index in [2.05, 4.69) is 12.0 Å². The van der Waals surface area contributed by atoms with Crippen molar-refractivity contribution in [1.82, 2.24) is 9.78 Å². The summed E-state index contributed by atoms with van der Waals surface area (Å²) in [5.74, 6) is 0. The van der Waals surface area contributed by atoms with Crippen molar-refractivity contribution in [2.75, 3.05) is 13.7 Å². The van der Waals surface area contributed by atoms with Crippen LogP contribution in [0.4, 0.5) is 0 Å². The number of hydrogen-bond acceptors (Lipinski definition) is 3. The van der Waals surface area contributed by atoms with Gasteiger partial charge in [0, 0.05) is 19.9 Å². The summed E-state index contributed by atoms with van der Waals surface area (Å²) < 4.78 is 7.07. The molecule has 4 heteroatoms. The smallest absolute Gasteiger partial charge is 0.154 e. The van der Waals surface area contributed by atoms with E-state index in [0.29, 0.717) is 0 Å². The average Bonchev–Trinajstić information content (AvgIpc) is 2.89. The molecule has 0 spiro atoms. The third kappa shape index (κ3) is 2.69. The Kier molecular flexibility index (Phi) is 4.35. The highest BCUT2D eigenvalue weighted by Crippen LogP contribution is 2.29. The van der Waals surface area contributed by atoms with E-state index in [1.165, 1.54) is 0 Å². The monoisotopic (exact) mass is 260 g/mol. The Balaban J connectivity index is 2.47. The van der Waals surface area contributed by atoms with Crippen LogP contribution in [0.25, 0.3) is 0 Å². The molecular weight excluding hydrogens is 240 g/mol. The number of aryl methyl sites for hydroxylation is 1. The second-order valence-electron chi connectivity index (χ2n) is 4.60. The van der Waals surface area contributed by atoms with Crippen molar-refractivity contribution in [2.45, 2.75) is 25.5 Å². The fraction of sp³-hybridized carbons (Fsp3) is 0.400. The lowest BCUT2D eigenvalue weighted by Gasteiger charge is -2.28. The van der Waals surface area contributed by atoms with E-state index in [0.717, 1.165) is 24.2 Å². The van der Waals surface area contributed by atoms with Gasteiger partial charge in [-0.05, 0) is 18.1 Å². The number of ether oxygens (including phenoxy) is 1. The molecule has 0 radical (unpaired) electrons. The number of hydrogen-bond donors (Lipinski definition) is 1. The molecule has 1 unspecified atom stereocenters. The molecule has 0 aliphatic carbocycles. The molecule has 0 amide bonds. The van der Waals surface area contributed by atoms with Crippen LogP contribution in [0.15, 0.2) is 42.6 Å². The van der Waals surface area contributed by atoms with Gasteiger partial charge in [-0.2, -0.15) is 5.10 Å². The summed E-state index contributed by atoms with van der Waals surface area (Å²) in [6.07, 6.45) is 2.68. The molecule has 1 aromatic heterocycles. The maximum atomic E-state index is 11.1. The number of aromatic nitrogens is 2. The largest absolute Gasteiger partial charge is 0.381 e. The molecule has 0 bridgehead atoms. The molecule has 0 saturated carbocycles. The molecule has 19 heavy (non-hydrogen) atoms. The molecular formula is C15H20N2O2. The Labute approximate surface area is 113 Å². The maximum Gasteiger partial charge on any atom is 0.154 e. The van der Waals surface area contributed by atoms with Gasteiger partial charge in [-0.15, -0.1) is 0 Å². The van der Waals surface area contributed by atoms with Gasteiger partial charge in [0.1, 0.15) is 0 Å². The van der Waals surface area contributed by atoms with E-state index >= 15 is 0 Å². The lowest BCUT2D eigenvalue weighted by atomic mass is 9.91. The van der Waals surface area contributed by atoms with Crippen LogP contribution in [0, 0.1) is 0 Å². The fourth-order valence-corrected chi connectivity index (χ4v) is 2.30. The molecule has 1 N–H and O–H groups in total. The normalized spacial score (nSPS) is 14.3. The third-order valence-corrected chi connectivity index (χ3v) is 3.18. The first kappa shape index (κ1) is 13.8. The van der Waals surface area contributed by atoms with E-state index < -0.39 is 5.60 Å². The van der Waals surface area contributed by atoms with Crippen molar-refractivity contribution in [3.8, 4) is 0 Å². The topological polar surface area (TPSA) is 47.3 Å². The van der Waals surface area contributed by atoms with E-state index in [4.69, 9.17) is 4.74 Å². The van der Waals surface area contributed by atoms with E-state index in [9.17, 15) is 5.11 Å². The molecule has 2 aromatic rings. The van der Waals surface area contributed by atoms with Gasteiger partial charge in [0.2, 0.25) is 0 Å². The molecule has 1 heterocycles. The summed E-state index contributed by atoms with van der Waals surface area (Å²) in [6, 6.07) is 11.4. The van der Waals surface area contributed by atoms with Crippen molar-refractivity contribution in [3.05, 3.63) is 53.9 Å². The summed E-state index contributed by atoms with van der Waals surface area (Å²) in [5, 5.41) is 15.3. The van der Waals surface area contributed by atoms with Crippen LogP contribution >= 0.6 is 0 Å². The summed E-state index contributed by atoms with van der Waals surface area (Å²) >= 11 is 0. The van der Waals surface area contributed by atoms with Crippen LogP contribution in [0.2, 0.25) is 0 Å². The summed E-state index contributed by atoms with van der Waals surface area (Å²) in [7, 11) is 1.59. The molecule has 0 aliphatic rings. The Morgan fingerprint density at radius 2 is 2.00 bits per heavy atom. The van der Waals surface area contributed by atoms with Crippen LogP contribution in [-0.2, 0) is 16.9 Å². The minimum Gasteiger partial charge on any atom is -0.381 e. The zero-order valence-corrected chi connectivity index (χ0v) is 11.4. The van der Waals surface area contributed by atoms with Gasteiger partial charge >= 0.3 is 0 Å². The number of aliphatic hydroxyl groups is 1. The quantitative estimate of drug-likeness (QED) is 0.866. The Bertz CT molecular complexity index is 510. The lowest BCUT2D eigenvalue weighted by Crippen LogP contribution is -2.35. The van der Waals surface area contributed by atoms with Crippen LogP contribution in [0.1, 0.15) is 24.6 Å². The first-order valence-corrected chi connectivity index (χ1v) is 6.51. The SMILES string of the molecule is CCCn1nccc1C(O)(COC)c1ccccc1. The molecule has 102 valence electrons. The molecule has 4 nitrogen and oxygen atoms in total. The van der Waals surface area contributed by atoms with E-state index in [1.54, 1.807) is 13.3 Å². The second-order valence-corrected chi connectivity index (χ2v) is 4.60. The first-order chi connectivity index (χ1) is 9.22. The van der Waals surface area contributed by atoms with Crippen LogP contribution in [0.5, 0.6) is 0 Å². The summed E-state index contributed by atoms with van der Waals surface area (Å²) in [4.78, 5) is 0. The van der Waals surface area contributed by atoms with Gasteiger partial charge in [0.05, 0.1) is 12.3 Å². The Morgan fingerprint density at radius 1 is 1.26 bits per heavy atom. The second kappa shape index (κ2) is 5.99. The van der Waals surface area contributed by atoms with E-state index in [-0.39, 0.29) is 6.61 Å². The predicted octanol–water partition coefficient (Wildman–Crippen LogP) is 2.18. The minimum absolute atomic E-state index is 0.201. The highest BCUT2D eigenvalue weighted by atomic mass is 16.5. The van der Waals surface area contributed by atoms with E-state index in [1.807, 2.05) is 41.1 Å². The minimum atomic E-state index is -1.16. The van der Waals surface area contributed by atoms with Crippen molar-refractivity contribution in [3.63, 3.8) is 0 Å². The first-order valence-electron chi connectivity index (χ1n) is 6.51. The predicted molar refractivity (Wildman–Crippen MR) is 73.8 cm³/mol. The van der Waals surface area contributed by atoms with Gasteiger partial charge in [-0.25, -0.2) is 0 Å². The molecule has 0 aliphatic heterocycles. The molecule has 1 atom stereocenters. The van der Waals surface area contributed by atoms with Gasteiger partial charge in [-0.1, -0.05) is 37.3 Å². The van der Waals surface area contributed by atoms with Crippen molar-refractivity contribution in [2.24, 2.45) is 0 Å². The Morgan fingerprint density at radius 3 is 2.63 bits per heavy atom. The fourth-order valence-electron chi connectivity index (χ4n) is 2.30. The number of benzene rings is 1. The third-order valence-electron chi connectivity index (χ3n) is 3.18. The van der Waals surface area contributed by atoms with Gasteiger partial charge < -0.3 is 9.84 Å². The maximum absolute atomic E-state index is 11.1. The standard InChI is InChI=1S/C15H20N2O2/c1-3-11-17-14(9-10-16-17)15(18,12-19-2)13-7-5-4-6-8-13/h4-10,18H,3,11-12H2,1-2H3. The lowest BCUT2D eigenvalue weighted by molar-refractivity contribution is -0.00966. The van der Waals surface area contributed by atoms with Crippen molar-refractivity contribution < 1.29 is 9.84 Å². The van der Waals surface area contributed by atoms with Crippen molar-refractivity contribution >= 4 is 0 Å². The molecule has 0 saturated heterocycles. The van der Waals surface area contributed by atoms with Gasteiger partial charge in [0.15, 0.2) is 5.60 Å². The molecule has 1 aromatic carbocycles. The summed E-state index contributed by atoms with van der Waals surface area (Å²) in [5.41, 5.74) is 0.416. The number of methoxy groups -OCH3 is 1. The number of nitrogens with zero attached hydrogens (tertiary/aromatic N) is 2. The van der Waals surface area contributed by atoms with Crippen LogP contribution < -0.4 is 0 Å². The average molecular weight is 260 g/mol. The number of rotatable bonds is 6. The summed E-state index contributed by atoms with van der Waals surface area (Å²) in [6.45, 7) is 3.07. The van der Waals surface area contributed by atoms with Crippen molar-refractivity contribution in [1.29, 1.82) is 0 Å². The Hall–Kier alpha value is -1.65. The molecule has 0 fully saturated rings. The van der Waals surface area contributed by atoms with Crippen LogP contribution in [-0.4, -0.2) is 28.6 Å². The van der Waals surface area contributed by atoms with Gasteiger partial charge in [-0.3, -0.25) is 4.68 Å². The molecule has 2 rings (SSSR count). The zero-order valence-electron chi connectivity index (χ0n) is 11.4. The highest BCUT2D eigenvalue weighted by Gasteiger charge is 2.34. The zero-order chi connectivity index (χ0) is 13.7. The van der Waals surface area contributed by atoms with Gasteiger partial charge in [0.25, 0.3) is 0 Å². The highest BCUT2D eigenvalue weighted by molar-refractivity contribution is 5.32. The van der Waals surface area contributed by atoms with Crippen LogP contribution in [0.3, 0.4) is 0 Å².